The minimum atomic E-state index is -0.928. The van der Waals surface area contributed by atoms with Crippen LogP contribution in [0.15, 0.2) is 54.6 Å². The second-order valence-electron chi connectivity index (χ2n) is 8.99. The van der Waals surface area contributed by atoms with E-state index in [1.807, 2.05) is 61.5 Å². The highest BCUT2D eigenvalue weighted by atomic mass is 16.3. The average Bonchev–Trinajstić information content (AvgIpc) is 3.60. The Bertz CT molecular complexity index is 1020. The Morgan fingerprint density at radius 1 is 1.19 bits per heavy atom. The Balaban J connectivity index is 1.51. The summed E-state index contributed by atoms with van der Waals surface area (Å²) in [4.78, 5) is 41.2. The quantitative estimate of drug-likeness (QED) is 0.624. The summed E-state index contributed by atoms with van der Waals surface area (Å²) in [5, 5.41) is 13.6. The minimum Gasteiger partial charge on any atom is -0.387 e. The number of hydrogen-bond donors (Lipinski definition) is 2. The van der Waals surface area contributed by atoms with E-state index in [4.69, 9.17) is 0 Å². The molecule has 2 unspecified atom stereocenters. The molecule has 2 aromatic carbocycles. The van der Waals surface area contributed by atoms with Gasteiger partial charge < -0.3 is 15.3 Å². The van der Waals surface area contributed by atoms with E-state index < -0.39 is 17.7 Å². The van der Waals surface area contributed by atoms with Crippen molar-refractivity contribution < 1.29 is 19.5 Å². The summed E-state index contributed by atoms with van der Waals surface area (Å²) in [5.41, 5.74) is 1.70. The number of aliphatic hydroxyl groups is 1. The van der Waals surface area contributed by atoms with Crippen LogP contribution in [-0.4, -0.2) is 51.4 Å². The number of nitrogens with zero attached hydrogens (tertiary/aromatic N) is 2. The zero-order valence-corrected chi connectivity index (χ0v) is 18.5. The van der Waals surface area contributed by atoms with E-state index in [1.54, 1.807) is 6.92 Å². The second-order valence-corrected chi connectivity index (χ2v) is 8.99. The number of carbonyl (C=O) groups is 3. The maximum Gasteiger partial charge on any atom is 0.325 e. The van der Waals surface area contributed by atoms with Gasteiger partial charge in [0.25, 0.3) is 5.91 Å². The van der Waals surface area contributed by atoms with Crippen LogP contribution in [-0.2, 0) is 16.1 Å². The SMILES string of the molecule is Cc1cccc(C(O)CN(Cc2ccccc2)C(=O)CN2C(=O)NC(C)(C3CC3)C2=O)c1. The molecule has 4 rings (SSSR count). The fraction of sp³-hybridized carbons (Fsp3) is 0.400. The number of hydrogen-bond acceptors (Lipinski definition) is 4. The number of amides is 4. The van der Waals surface area contributed by atoms with Gasteiger partial charge >= 0.3 is 6.03 Å². The summed E-state index contributed by atoms with van der Waals surface area (Å²) in [6.07, 6.45) is 0.905. The van der Waals surface area contributed by atoms with E-state index in [0.717, 1.165) is 28.9 Å². The first-order valence-electron chi connectivity index (χ1n) is 11.0. The second kappa shape index (κ2) is 8.74. The van der Waals surface area contributed by atoms with Crippen molar-refractivity contribution in [2.75, 3.05) is 13.1 Å². The van der Waals surface area contributed by atoms with Gasteiger partial charge in [0.05, 0.1) is 12.6 Å². The van der Waals surface area contributed by atoms with Crippen molar-refractivity contribution in [2.45, 2.75) is 44.9 Å². The summed E-state index contributed by atoms with van der Waals surface area (Å²) < 4.78 is 0. The van der Waals surface area contributed by atoms with Gasteiger partial charge in [-0.1, -0.05) is 60.2 Å². The van der Waals surface area contributed by atoms with E-state index in [1.165, 1.54) is 4.90 Å². The predicted molar refractivity (Wildman–Crippen MR) is 119 cm³/mol. The number of nitrogens with one attached hydrogen (secondary N) is 1. The Morgan fingerprint density at radius 2 is 1.91 bits per heavy atom. The molecule has 7 heteroatoms. The Labute approximate surface area is 188 Å². The highest BCUT2D eigenvalue weighted by Crippen LogP contribution is 2.42. The number of aliphatic hydroxyl groups excluding tert-OH is 1. The van der Waals surface area contributed by atoms with Gasteiger partial charge in [0, 0.05) is 6.54 Å². The van der Waals surface area contributed by atoms with Gasteiger partial charge in [-0.15, -0.1) is 0 Å². The number of rotatable bonds is 8. The molecule has 2 aromatic rings. The minimum absolute atomic E-state index is 0.0563. The first kappa shape index (κ1) is 22.0. The zero-order valence-electron chi connectivity index (χ0n) is 18.5. The summed E-state index contributed by atoms with van der Waals surface area (Å²) in [5.74, 6) is -0.607. The first-order chi connectivity index (χ1) is 15.3. The number of aryl methyl sites for hydroxylation is 1. The molecule has 2 aliphatic rings. The van der Waals surface area contributed by atoms with Crippen molar-refractivity contribution in [1.29, 1.82) is 0 Å². The fourth-order valence-electron chi connectivity index (χ4n) is 4.28. The van der Waals surface area contributed by atoms with Crippen LogP contribution >= 0.6 is 0 Å². The third kappa shape index (κ3) is 4.53. The molecule has 168 valence electrons. The topological polar surface area (TPSA) is 89.9 Å². The number of urea groups is 1. The lowest BCUT2D eigenvalue weighted by atomic mass is 9.96. The molecule has 2 fully saturated rings. The van der Waals surface area contributed by atoms with E-state index >= 15 is 0 Å². The van der Waals surface area contributed by atoms with Crippen LogP contribution in [0.3, 0.4) is 0 Å². The number of carbonyl (C=O) groups excluding carboxylic acids is 3. The van der Waals surface area contributed by atoms with Crippen LogP contribution in [0.25, 0.3) is 0 Å². The Morgan fingerprint density at radius 3 is 2.56 bits per heavy atom. The van der Waals surface area contributed by atoms with Crippen LogP contribution in [0, 0.1) is 12.8 Å². The molecule has 1 saturated carbocycles. The van der Waals surface area contributed by atoms with Gasteiger partial charge in [0.15, 0.2) is 0 Å². The molecule has 0 spiro atoms. The molecule has 1 saturated heterocycles. The number of imide groups is 1. The monoisotopic (exact) mass is 435 g/mol. The average molecular weight is 436 g/mol. The molecule has 0 aromatic heterocycles. The highest BCUT2D eigenvalue weighted by Gasteiger charge is 2.56. The lowest BCUT2D eigenvalue weighted by Gasteiger charge is -2.27. The number of benzene rings is 2. The summed E-state index contributed by atoms with van der Waals surface area (Å²) in [6, 6.07) is 16.4. The maximum atomic E-state index is 13.3. The molecular formula is C25H29N3O4. The van der Waals surface area contributed by atoms with E-state index in [9.17, 15) is 19.5 Å². The molecule has 32 heavy (non-hydrogen) atoms. The zero-order chi connectivity index (χ0) is 22.9. The standard InChI is InChI=1S/C25H29N3O4/c1-17-7-6-10-19(13-17)21(29)15-27(14-18-8-4-3-5-9-18)22(30)16-28-23(31)25(2,20-11-12-20)26-24(28)32/h3-10,13,20-21,29H,11-12,14-16H2,1-2H3,(H,26,32). The van der Waals surface area contributed by atoms with Crippen molar-refractivity contribution in [3.63, 3.8) is 0 Å². The van der Waals surface area contributed by atoms with Gasteiger partial charge in [0.1, 0.15) is 12.1 Å². The van der Waals surface area contributed by atoms with E-state index in [0.29, 0.717) is 5.56 Å². The molecule has 2 atom stereocenters. The molecule has 0 bridgehead atoms. The summed E-state index contributed by atoms with van der Waals surface area (Å²) >= 11 is 0. The molecule has 1 aliphatic carbocycles. The third-order valence-electron chi connectivity index (χ3n) is 6.38. The fourth-order valence-corrected chi connectivity index (χ4v) is 4.28. The van der Waals surface area contributed by atoms with Crippen LogP contribution < -0.4 is 5.32 Å². The van der Waals surface area contributed by atoms with Crippen molar-refractivity contribution in [3.05, 3.63) is 71.3 Å². The van der Waals surface area contributed by atoms with Gasteiger partial charge in [0.2, 0.25) is 5.91 Å². The van der Waals surface area contributed by atoms with Gasteiger partial charge in [-0.3, -0.25) is 14.5 Å². The largest absolute Gasteiger partial charge is 0.387 e. The molecule has 1 aliphatic heterocycles. The maximum absolute atomic E-state index is 13.3. The van der Waals surface area contributed by atoms with Crippen molar-refractivity contribution >= 4 is 17.8 Å². The van der Waals surface area contributed by atoms with Gasteiger partial charge in [-0.2, -0.15) is 0 Å². The molecular weight excluding hydrogens is 406 g/mol. The smallest absolute Gasteiger partial charge is 0.325 e. The van der Waals surface area contributed by atoms with Crippen molar-refractivity contribution in [2.24, 2.45) is 5.92 Å². The molecule has 2 N–H and O–H groups in total. The summed E-state index contributed by atoms with van der Waals surface area (Å²) in [7, 11) is 0. The lowest BCUT2D eigenvalue weighted by Crippen LogP contribution is -2.47. The molecule has 7 nitrogen and oxygen atoms in total. The normalized spacial score (nSPS) is 21.4. The van der Waals surface area contributed by atoms with Crippen molar-refractivity contribution in [1.82, 2.24) is 15.1 Å². The summed E-state index contributed by atoms with van der Waals surface area (Å²) in [6.45, 7) is 3.66. The van der Waals surface area contributed by atoms with Gasteiger partial charge in [-0.25, -0.2) is 4.79 Å². The van der Waals surface area contributed by atoms with Crippen LogP contribution in [0.2, 0.25) is 0 Å². The highest BCUT2D eigenvalue weighted by molar-refractivity contribution is 6.09. The Kier molecular flexibility index (Phi) is 6.02. The van der Waals surface area contributed by atoms with E-state index in [2.05, 4.69) is 5.32 Å². The molecule has 4 amide bonds. The third-order valence-corrected chi connectivity index (χ3v) is 6.38. The molecule has 1 heterocycles. The predicted octanol–water partition coefficient (Wildman–Crippen LogP) is 2.78. The van der Waals surface area contributed by atoms with E-state index in [-0.39, 0.29) is 37.4 Å². The van der Waals surface area contributed by atoms with Gasteiger partial charge in [-0.05, 0) is 43.7 Å². The first-order valence-corrected chi connectivity index (χ1v) is 11.0. The Hall–Kier alpha value is -3.19. The lowest BCUT2D eigenvalue weighted by molar-refractivity contribution is -0.140. The molecule has 0 radical (unpaired) electrons. The van der Waals surface area contributed by atoms with Crippen LogP contribution in [0.5, 0.6) is 0 Å². The van der Waals surface area contributed by atoms with Crippen LogP contribution in [0.1, 0.15) is 42.6 Å². The van der Waals surface area contributed by atoms with Crippen molar-refractivity contribution in [3.8, 4) is 0 Å². The van der Waals surface area contributed by atoms with Crippen LogP contribution in [0.4, 0.5) is 4.79 Å².